The summed E-state index contributed by atoms with van der Waals surface area (Å²) in [4.78, 5) is 25.8. The number of pyridine rings is 1. The molecule has 3 aromatic heterocycles. The lowest BCUT2D eigenvalue weighted by Crippen LogP contribution is -2.38. The summed E-state index contributed by atoms with van der Waals surface area (Å²) < 4.78 is 70.4. The van der Waals surface area contributed by atoms with E-state index in [1.54, 1.807) is 0 Å². The summed E-state index contributed by atoms with van der Waals surface area (Å²) in [6, 6.07) is 7.98. The molecule has 2 aliphatic rings. The van der Waals surface area contributed by atoms with Gasteiger partial charge >= 0.3 is 6.18 Å². The zero-order valence-corrected chi connectivity index (χ0v) is 21.7. The standard InChI is InChI=1S/C27H26F5N7O/c1-25(2)13-33-10-15-9-16(3-4-18(15)25)35-24-34-11-17-22(37-24)39(38(23(17)40)14-27(30,31)32)20-6-5-19(29)21(36-20)26(12-28)7-8-26/h3-6,9,11,33H,7-8,10,12-14H2,1-2H3,(H,34,35,37). The van der Waals surface area contributed by atoms with Gasteiger partial charge in [-0.1, -0.05) is 19.9 Å². The van der Waals surface area contributed by atoms with E-state index in [9.17, 15) is 26.7 Å². The predicted octanol–water partition coefficient (Wildman–Crippen LogP) is 4.80. The molecule has 6 rings (SSSR count). The number of nitrogens with zero attached hydrogens (tertiary/aromatic N) is 5. The van der Waals surface area contributed by atoms with Gasteiger partial charge in [-0.3, -0.25) is 9.18 Å². The molecule has 0 atom stereocenters. The molecular weight excluding hydrogens is 533 g/mol. The first-order chi connectivity index (χ1) is 18.9. The van der Waals surface area contributed by atoms with Crippen molar-refractivity contribution in [1.82, 2.24) is 29.6 Å². The average Bonchev–Trinajstić information content (AvgIpc) is 3.64. The van der Waals surface area contributed by atoms with Crippen LogP contribution in [0.25, 0.3) is 16.9 Å². The monoisotopic (exact) mass is 559 g/mol. The van der Waals surface area contributed by atoms with Gasteiger partial charge in [-0.15, -0.1) is 0 Å². The fourth-order valence-electron chi connectivity index (χ4n) is 5.35. The summed E-state index contributed by atoms with van der Waals surface area (Å²) in [6.45, 7) is 3.30. The van der Waals surface area contributed by atoms with Gasteiger partial charge < -0.3 is 10.6 Å². The first kappa shape index (κ1) is 26.4. The molecule has 0 unspecified atom stereocenters. The topological polar surface area (TPSA) is 89.7 Å². The van der Waals surface area contributed by atoms with Crippen molar-refractivity contribution in [2.45, 2.75) is 56.8 Å². The largest absolute Gasteiger partial charge is 0.408 e. The quantitative estimate of drug-likeness (QED) is 0.330. The zero-order valence-electron chi connectivity index (χ0n) is 21.7. The smallest absolute Gasteiger partial charge is 0.324 e. The highest BCUT2D eigenvalue weighted by Crippen LogP contribution is 2.48. The molecule has 4 heterocycles. The lowest BCUT2D eigenvalue weighted by atomic mass is 9.79. The van der Waals surface area contributed by atoms with Crippen LogP contribution in [0.5, 0.6) is 0 Å². The number of fused-ring (bicyclic) bond motifs is 2. The second-order valence-electron chi connectivity index (χ2n) is 11.1. The van der Waals surface area contributed by atoms with Crippen LogP contribution >= 0.6 is 0 Å². The minimum absolute atomic E-state index is 0.0399. The summed E-state index contributed by atoms with van der Waals surface area (Å²) in [5, 5.41) is 6.27. The first-order valence-electron chi connectivity index (χ1n) is 12.8. The van der Waals surface area contributed by atoms with Gasteiger partial charge in [0.1, 0.15) is 24.4 Å². The van der Waals surface area contributed by atoms with E-state index < -0.39 is 36.2 Å². The molecule has 0 radical (unpaired) electrons. The number of hydrogen-bond donors (Lipinski definition) is 2. The number of rotatable bonds is 6. The Morgan fingerprint density at radius 1 is 1.12 bits per heavy atom. The zero-order chi connectivity index (χ0) is 28.4. The van der Waals surface area contributed by atoms with E-state index >= 15 is 0 Å². The fourth-order valence-corrected chi connectivity index (χ4v) is 5.35. The summed E-state index contributed by atoms with van der Waals surface area (Å²) in [5.74, 6) is -0.903. The molecule has 0 bridgehead atoms. The normalized spacial score (nSPS) is 17.6. The Kier molecular flexibility index (Phi) is 5.98. The van der Waals surface area contributed by atoms with Crippen molar-refractivity contribution in [3.05, 3.63) is 69.5 Å². The average molecular weight is 560 g/mol. The molecule has 40 heavy (non-hydrogen) atoms. The Bertz CT molecular complexity index is 1690. The molecule has 2 N–H and O–H groups in total. The number of benzene rings is 1. The first-order valence-corrected chi connectivity index (χ1v) is 12.8. The van der Waals surface area contributed by atoms with E-state index in [0.717, 1.165) is 35.1 Å². The third kappa shape index (κ3) is 4.51. The van der Waals surface area contributed by atoms with Gasteiger partial charge in [0.15, 0.2) is 11.5 Å². The third-order valence-electron chi connectivity index (χ3n) is 7.64. The van der Waals surface area contributed by atoms with Crippen molar-refractivity contribution in [3.63, 3.8) is 0 Å². The molecule has 0 spiro atoms. The summed E-state index contributed by atoms with van der Waals surface area (Å²) >= 11 is 0. The second kappa shape index (κ2) is 9.08. The van der Waals surface area contributed by atoms with Crippen molar-refractivity contribution in [1.29, 1.82) is 0 Å². The summed E-state index contributed by atoms with van der Waals surface area (Å²) in [6.07, 6.45) is -2.88. The minimum atomic E-state index is -4.76. The van der Waals surface area contributed by atoms with Crippen LogP contribution < -0.4 is 16.2 Å². The SMILES string of the molecule is CC1(C)CNCc2cc(Nc3ncc4c(=O)n(CC(F)(F)F)n(-c5ccc(F)c(C6(CF)CC6)n5)c4n3)ccc21. The highest BCUT2D eigenvalue weighted by atomic mass is 19.4. The van der Waals surface area contributed by atoms with Gasteiger partial charge in [-0.05, 0) is 48.2 Å². The van der Waals surface area contributed by atoms with Crippen LogP contribution in [-0.4, -0.2) is 43.7 Å². The van der Waals surface area contributed by atoms with Crippen LogP contribution in [0.2, 0.25) is 0 Å². The van der Waals surface area contributed by atoms with Crippen molar-refractivity contribution >= 4 is 22.7 Å². The van der Waals surface area contributed by atoms with Crippen molar-refractivity contribution in [3.8, 4) is 5.82 Å². The van der Waals surface area contributed by atoms with Gasteiger partial charge in [-0.2, -0.15) is 18.2 Å². The van der Waals surface area contributed by atoms with Crippen molar-refractivity contribution < 1.29 is 22.0 Å². The van der Waals surface area contributed by atoms with Crippen molar-refractivity contribution in [2.75, 3.05) is 18.5 Å². The summed E-state index contributed by atoms with van der Waals surface area (Å²) in [7, 11) is 0. The predicted molar refractivity (Wildman–Crippen MR) is 138 cm³/mol. The number of anilines is 2. The molecule has 210 valence electrons. The van der Waals surface area contributed by atoms with Crippen LogP contribution in [0, 0.1) is 5.82 Å². The molecule has 1 aliphatic carbocycles. The van der Waals surface area contributed by atoms with Crippen LogP contribution in [-0.2, 0) is 23.9 Å². The molecule has 13 heteroatoms. The van der Waals surface area contributed by atoms with Crippen LogP contribution in [0.4, 0.5) is 33.6 Å². The third-order valence-corrected chi connectivity index (χ3v) is 7.64. The highest BCUT2D eigenvalue weighted by Gasteiger charge is 2.48. The molecule has 4 aromatic rings. The maximum atomic E-state index is 14.6. The van der Waals surface area contributed by atoms with Crippen LogP contribution in [0.3, 0.4) is 0 Å². The Balaban J connectivity index is 1.47. The Hall–Kier alpha value is -3.87. The molecule has 1 saturated carbocycles. The Labute approximate surface area is 225 Å². The van der Waals surface area contributed by atoms with E-state index in [1.807, 2.05) is 18.2 Å². The number of alkyl halides is 4. The minimum Gasteiger partial charge on any atom is -0.324 e. The Morgan fingerprint density at radius 3 is 2.60 bits per heavy atom. The molecular formula is C27H26F5N7O. The number of hydrogen-bond acceptors (Lipinski definition) is 6. The molecule has 1 aliphatic heterocycles. The number of halogens is 5. The lowest BCUT2D eigenvalue weighted by molar-refractivity contribution is -0.144. The fraction of sp³-hybridized carbons (Fsp3) is 0.407. The molecule has 8 nitrogen and oxygen atoms in total. The van der Waals surface area contributed by atoms with E-state index in [-0.39, 0.29) is 33.9 Å². The van der Waals surface area contributed by atoms with Crippen molar-refractivity contribution in [2.24, 2.45) is 0 Å². The molecule has 1 aromatic carbocycles. The van der Waals surface area contributed by atoms with E-state index in [4.69, 9.17) is 0 Å². The van der Waals surface area contributed by atoms with Gasteiger partial charge in [0, 0.05) is 35.8 Å². The highest BCUT2D eigenvalue weighted by molar-refractivity contribution is 5.77. The van der Waals surface area contributed by atoms with E-state index in [1.165, 1.54) is 5.56 Å². The van der Waals surface area contributed by atoms with Gasteiger partial charge in [-0.25, -0.2) is 23.7 Å². The maximum Gasteiger partial charge on any atom is 0.408 e. The second-order valence-corrected chi connectivity index (χ2v) is 11.1. The summed E-state index contributed by atoms with van der Waals surface area (Å²) in [5.41, 5.74) is 0.451. The molecule has 1 fully saturated rings. The van der Waals surface area contributed by atoms with Gasteiger partial charge in [0.25, 0.3) is 5.56 Å². The lowest BCUT2D eigenvalue weighted by Gasteiger charge is -2.33. The number of nitrogens with one attached hydrogen (secondary N) is 2. The van der Waals surface area contributed by atoms with Crippen LogP contribution in [0.15, 0.2) is 41.3 Å². The Morgan fingerprint density at radius 2 is 1.90 bits per heavy atom. The molecule has 0 saturated heterocycles. The van der Waals surface area contributed by atoms with E-state index in [2.05, 4.69) is 39.4 Å². The maximum absolute atomic E-state index is 14.6. The van der Waals surface area contributed by atoms with E-state index in [0.29, 0.717) is 29.8 Å². The van der Waals surface area contributed by atoms with Gasteiger partial charge in [0.05, 0.1) is 5.69 Å². The molecule has 0 amide bonds. The van der Waals surface area contributed by atoms with Gasteiger partial charge in [0.2, 0.25) is 5.95 Å². The number of aromatic nitrogens is 5. The van der Waals surface area contributed by atoms with Crippen LogP contribution in [0.1, 0.15) is 43.5 Å².